The van der Waals surface area contributed by atoms with Gasteiger partial charge in [-0.25, -0.2) is 0 Å². The molecule has 6 heteroatoms. The second-order valence-corrected chi connectivity index (χ2v) is 5.11. The lowest BCUT2D eigenvalue weighted by Gasteiger charge is -2.23. The van der Waals surface area contributed by atoms with Crippen LogP contribution in [0.3, 0.4) is 0 Å². The first kappa shape index (κ1) is 13.4. The zero-order valence-corrected chi connectivity index (χ0v) is 11.3. The molecule has 1 saturated heterocycles. The highest BCUT2D eigenvalue weighted by atomic mass is 16.2. The fourth-order valence-electron chi connectivity index (χ4n) is 2.45. The Kier molecular flexibility index (Phi) is 3.43. The van der Waals surface area contributed by atoms with Gasteiger partial charge in [-0.3, -0.25) is 14.4 Å². The lowest BCUT2D eigenvalue weighted by Crippen LogP contribution is -2.48. The first-order valence-corrected chi connectivity index (χ1v) is 6.83. The summed E-state index contributed by atoms with van der Waals surface area (Å²) in [6, 6.07) is 8.66. The molecular weight excluding hydrogens is 270 g/mol. The molecule has 2 amide bonds. The van der Waals surface area contributed by atoms with Gasteiger partial charge in [0.25, 0.3) is 11.5 Å². The fraction of sp³-hybridized carbons (Fsp3) is 0.267. The van der Waals surface area contributed by atoms with Crippen LogP contribution < -0.4 is 16.2 Å². The molecule has 0 spiro atoms. The van der Waals surface area contributed by atoms with Crippen molar-refractivity contribution in [2.24, 2.45) is 0 Å². The highest BCUT2D eigenvalue weighted by Crippen LogP contribution is 2.10. The predicted octanol–water partition coefficient (Wildman–Crippen LogP) is 0.537. The summed E-state index contributed by atoms with van der Waals surface area (Å²) >= 11 is 0. The minimum atomic E-state index is -0.334. The predicted molar refractivity (Wildman–Crippen MR) is 78.1 cm³/mol. The molecule has 1 aromatic heterocycles. The zero-order valence-electron chi connectivity index (χ0n) is 11.3. The normalized spacial score (nSPS) is 18.3. The minimum Gasteiger partial charge on any atom is -0.354 e. The van der Waals surface area contributed by atoms with Crippen LogP contribution in [0.25, 0.3) is 10.8 Å². The summed E-state index contributed by atoms with van der Waals surface area (Å²) in [5, 5.41) is 6.81. The molecule has 1 atom stereocenters. The van der Waals surface area contributed by atoms with Crippen LogP contribution in [-0.4, -0.2) is 29.4 Å². The van der Waals surface area contributed by atoms with E-state index in [4.69, 9.17) is 0 Å². The maximum atomic E-state index is 12.2. The Balaban J connectivity index is 1.81. The van der Waals surface area contributed by atoms with Gasteiger partial charge in [0.2, 0.25) is 5.91 Å². The number of hydrogen-bond acceptors (Lipinski definition) is 3. The number of aromatic amines is 1. The molecule has 1 aliphatic heterocycles. The van der Waals surface area contributed by atoms with Gasteiger partial charge in [0.1, 0.15) is 5.69 Å². The molecule has 0 saturated carbocycles. The molecule has 0 aliphatic carbocycles. The summed E-state index contributed by atoms with van der Waals surface area (Å²) in [6.45, 7) is 0.419. The molecule has 6 nitrogen and oxygen atoms in total. The third-order valence-corrected chi connectivity index (χ3v) is 3.60. The Hall–Kier alpha value is -2.63. The van der Waals surface area contributed by atoms with Gasteiger partial charge in [0.05, 0.1) is 0 Å². The van der Waals surface area contributed by atoms with E-state index < -0.39 is 0 Å². The molecule has 0 radical (unpaired) electrons. The molecule has 2 aromatic rings. The lowest BCUT2D eigenvalue weighted by molar-refractivity contribution is -0.122. The Labute approximate surface area is 120 Å². The zero-order chi connectivity index (χ0) is 14.8. The number of hydrogen-bond donors (Lipinski definition) is 3. The smallest absolute Gasteiger partial charge is 0.268 e. The van der Waals surface area contributed by atoms with Crippen molar-refractivity contribution in [1.82, 2.24) is 15.6 Å². The quantitative estimate of drug-likeness (QED) is 0.752. The molecule has 3 N–H and O–H groups in total. The van der Waals surface area contributed by atoms with Crippen molar-refractivity contribution in [3.05, 3.63) is 46.4 Å². The monoisotopic (exact) mass is 285 g/mol. The van der Waals surface area contributed by atoms with E-state index in [1.54, 1.807) is 24.3 Å². The molecular formula is C15H15N3O3. The average Bonchev–Trinajstić information content (AvgIpc) is 2.49. The van der Waals surface area contributed by atoms with Crippen LogP contribution in [0.5, 0.6) is 0 Å². The fourth-order valence-corrected chi connectivity index (χ4v) is 2.45. The number of carbonyl (C=O) groups excluding carboxylic acids is 2. The van der Waals surface area contributed by atoms with Crippen LogP contribution in [0.1, 0.15) is 23.3 Å². The third-order valence-electron chi connectivity index (χ3n) is 3.60. The van der Waals surface area contributed by atoms with Gasteiger partial charge in [0.15, 0.2) is 0 Å². The Bertz CT molecular complexity index is 756. The number of carbonyl (C=O) groups is 2. The topological polar surface area (TPSA) is 91.1 Å². The van der Waals surface area contributed by atoms with E-state index >= 15 is 0 Å². The van der Waals surface area contributed by atoms with E-state index in [9.17, 15) is 14.4 Å². The SMILES string of the molecule is O=C1CCC(NC(=O)c2cc3ccccc3c(=O)[nH]2)CN1. The van der Waals surface area contributed by atoms with Crippen molar-refractivity contribution >= 4 is 22.6 Å². The van der Waals surface area contributed by atoms with Crippen molar-refractivity contribution in [3.8, 4) is 0 Å². The number of fused-ring (bicyclic) bond motifs is 1. The lowest BCUT2D eigenvalue weighted by atomic mass is 10.1. The van der Waals surface area contributed by atoms with Gasteiger partial charge in [-0.05, 0) is 23.9 Å². The van der Waals surface area contributed by atoms with Crippen molar-refractivity contribution in [2.75, 3.05) is 6.54 Å². The van der Waals surface area contributed by atoms with Crippen LogP contribution in [-0.2, 0) is 4.79 Å². The number of piperidine rings is 1. The molecule has 1 unspecified atom stereocenters. The van der Waals surface area contributed by atoms with Gasteiger partial charge in [0, 0.05) is 24.4 Å². The van der Waals surface area contributed by atoms with Crippen molar-refractivity contribution < 1.29 is 9.59 Å². The first-order chi connectivity index (χ1) is 10.1. The number of aromatic nitrogens is 1. The van der Waals surface area contributed by atoms with Crippen molar-refractivity contribution in [1.29, 1.82) is 0 Å². The van der Waals surface area contributed by atoms with Gasteiger partial charge < -0.3 is 15.6 Å². The Morgan fingerprint density at radius 1 is 1.24 bits per heavy atom. The molecule has 21 heavy (non-hydrogen) atoms. The van der Waals surface area contributed by atoms with Crippen LogP contribution in [0.15, 0.2) is 35.1 Å². The summed E-state index contributed by atoms with van der Waals surface area (Å²) < 4.78 is 0. The number of nitrogens with one attached hydrogen (secondary N) is 3. The molecule has 108 valence electrons. The number of H-pyrrole nitrogens is 1. The maximum absolute atomic E-state index is 12.2. The molecule has 2 heterocycles. The van der Waals surface area contributed by atoms with E-state index in [2.05, 4.69) is 15.6 Å². The van der Waals surface area contributed by atoms with Crippen molar-refractivity contribution in [3.63, 3.8) is 0 Å². The van der Waals surface area contributed by atoms with E-state index in [1.807, 2.05) is 6.07 Å². The second kappa shape index (κ2) is 5.40. The molecule has 3 rings (SSSR count). The molecule has 0 bridgehead atoms. The van der Waals surface area contributed by atoms with Crippen LogP contribution in [0, 0.1) is 0 Å². The summed E-state index contributed by atoms with van der Waals surface area (Å²) in [6.07, 6.45) is 1.01. The molecule has 1 fully saturated rings. The average molecular weight is 285 g/mol. The first-order valence-electron chi connectivity index (χ1n) is 6.83. The van der Waals surface area contributed by atoms with E-state index in [0.717, 1.165) is 5.39 Å². The largest absolute Gasteiger partial charge is 0.354 e. The van der Waals surface area contributed by atoms with Gasteiger partial charge >= 0.3 is 0 Å². The van der Waals surface area contributed by atoms with Crippen LogP contribution >= 0.6 is 0 Å². The van der Waals surface area contributed by atoms with E-state index in [-0.39, 0.29) is 29.1 Å². The maximum Gasteiger partial charge on any atom is 0.268 e. The van der Waals surface area contributed by atoms with Gasteiger partial charge in [-0.2, -0.15) is 0 Å². The van der Waals surface area contributed by atoms with E-state index in [1.165, 1.54) is 0 Å². The third kappa shape index (κ3) is 2.79. The number of benzene rings is 1. The van der Waals surface area contributed by atoms with Gasteiger partial charge in [-0.15, -0.1) is 0 Å². The number of rotatable bonds is 2. The standard InChI is InChI=1S/C15H15N3O3/c19-13-6-5-10(8-16-13)17-15(21)12-7-9-3-1-2-4-11(9)14(20)18-12/h1-4,7,10H,5-6,8H2,(H,16,19)(H,17,21)(H,18,20). The summed E-state index contributed by atoms with van der Waals surface area (Å²) in [7, 11) is 0. The van der Waals surface area contributed by atoms with Crippen molar-refractivity contribution in [2.45, 2.75) is 18.9 Å². The number of pyridine rings is 1. The van der Waals surface area contributed by atoms with Gasteiger partial charge in [-0.1, -0.05) is 18.2 Å². The molecule has 1 aliphatic rings. The summed E-state index contributed by atoms with van der Waals surface area (Å²) in [5.41, 5.74) is -0.0502. The molecule has 1 aromatic carbocycles. The Morgan fingerprint density at radius 3 is 2.81 bits per heavy atom. The summed E-state index contributed by atoms with van der Waals surface area (Å²) in [5.74, 6) is -0.335. The van der Waals surface area contributed by atoms with Crippen LogP contribution in [0.4, 0.5) is 0 Å². The van der Waals surface area contributed by atoms with E-state index in [0.29, 0.717) is 24.8 Å². The highest BCUT2D eigenvalue weighted by Gasteiger charge is 2.20. The number of amides is 2. The highest BCUT2D eigenvalue weighted by molar-refractivity contribution is 5.96. The summed E-state index contributed by atoms with van der Waals surface area (Å²) in [4.78, 5) is 37.8. The van der Waals surface area contributed by atoms with Crippen LogP contribution in [0.2, 0.25) is 0 Å². The second-order valence-electron chi connectivity index (χ2n) is 5.11. The Morgan fingerprint density at radius 2 is 2.05 bits per heavy atom. The minimum absolute atomic E-state index is 0.000360.